The molecule has 0 spiro atoms. The van der Waals surface area contributed by atoms with Gasteiger partial charge in [-0.05, 0) is 35.0 Å². The Hall–Kier alpha value is -3.10. The highest BCUT2D eigenvalue weighted by molar-refractivity contribution is 7.89. The normalized spacial score (nSPS) is 15.7. The van der Waals surface area contributed by atoms with Crippen molar-refractivity contribution in [3.63, 3.8) is 0 Å². The molecule has 0 bridgehead atoms. The number of benzene rings is 3. The summed E-state index contributed by atoms with van der Waals surface area (Å²) in [6.45, 7) is 1.45. The van der Waals surface area contributed by atoms with Gasteiger partial charge in [-0.3, -0.25) is 0 Å². The molecule has 6 nitrogen and oxygen atoms in total. The fourth-order valence-electron chi connectivity index (χ4n) is 3.91. The van der Waals surface area contributed by atoms with Crippen LogP contribution in [-0.4, -0.2) is 48.9 Å². The number of hydrogen-bond donors (Lipinski definition) is 0. The Morgan fingerprint density at radius 1 is 0.833 bits per heavy atom. The number of sulfonamides is 1. The molecule has 0 saturated carbocycles. The summed E-state index contributed by atoms with van der Waals surface area (Å²) < 4.78 is 42.2. The van der Waals surface area contributed by atoms with Gasteiger partial charge in [-0.15, -0.1) is 0 Å². The molecule has 30 heavy (non-hydrogen) atoms. The maximum atomic E-state index is 14.4. The number of nitrogens with zero attached hydrogens (tertiary/aromatic N) is 4. The Morgan fingerprint density at radius 3 is 2.40 bits per heavy atom. The van der Waals surface area contributed by atoms with Crippen molar-refractivity contribution in [2.24, 2.45) is 0 Å². The highest BCUT2D eigenvalue weighted by atomic mass is 32.2. The Bertz CT molecular complexity index is 1350. The molecule has 0 amide bonds. The quantitative estimate of drug-likeness (QED) is 0.506. The van der Waals surface area contributed by atoms with Crippen LogP contribution >= 0.6 is 0 Å². The molecule has 0 atom stereocenters. The van der Waals surface area contributed by atoms with E-state index >= 15 is 0 Å². The average Bonchev–Trinajstić information content (AvgIpc) is 2.78. The van der Waals surface area contributed by atoms with Gasteiger partial charge in [-0.25, -0.2) is 22.8 Å². The van der Waals surface area contributed by atoms with Crippen LogP contribution in [0, 0.1) is 5.82 Å². The van der Waals surface area contributed by atoms with E-state index in [1.807, 2.05) is 35.2 Å². The van der Waals surface area contributed by atoms with E-state index in [2.05, 4.69) is 9.97 Å². The number of aromatic nitrogens is 2. The van der Waals surface area contributed by atoms with Crippen molar-refractivity contribution in [1.29, 1.82) is 0 Å². The third-order valence-corrected chi connectivity index (χ3v) is 7.38. The van der Waals surface area contributed by atoms with Gasteiger partial charge in [-0.2, -0.15) is 4.31 Å². The van der Waals surface area contributed by atoms with Crippen LogP contribution in [0.4, 0.5) is 10.2 Å². The number of rotatable bonds is 3. The standard InChI is InChI=1S/C22H19FN4O2S/c23-19-6-3-7-20-21(19)22(25-15-24-20)26-10-12-27(13-11-26)30(28,29)18-9-8-16-4-1-2-5-17(16)14-18/h1-9,14-15H,10-13H2. The fraction of sp³-hybridized carbons (Fsp3) is 0.182. The summed E-state index contributed by atoms with van der Waals surface area (Å²) in [5, 5.41) is 2.25. The van der Waals surface area contributed by atoms with Crippen molar-refractivity contribution in [3.05, 3.63) is 72.8 Å². The van der Waals surface area contributed by atoms with Crippen LogP contribution in [0.2, 0.25) is 0 Å². The number of halogens is 1. The molecule has 0 radical (unpaired) electrons. The number of fused-ring (bicyclic) bond motifs is 2. The summed E-state index contributed by atoms with van der Waals surface area (Å²) in [5.41, 5.74) is 0.534. The van der Waals surface area contributed by atoms with Crippen LogP contribution < -0.4 is 4.90 Å². The van der Waals surface area contributed by atoms with Crippen LogP contribution in [0.5, 0.6) is 0 Å². The molecule has 1 aliphatic rings. The van der Waals surface area contributed by atoms with E-state index in [1.54, 1.807) is 24.3 Å². The minimum absolute atomic E-state index is 0.285. The second-order valence-corrected chi connectivity index (χ2v) is 9.17. The second-order valence-electron chi connectivity index (χ2n) is 7.23. The van der Waals surface area contributed by atoms with Crippen molar-refractivity contribution in [2.75, 3.05) is 31.1 Å². The van der Waals surface area contributed by atoms with Gasteiger partial charge in [0.1, 0.15) is 18.0 Å². The van der Waals surface area contributed by atoms with Crippen molar-refractivity contribution in [1.82, 2.24) is 14.3 Å². The summed E-state index contributed by atoms with van der Waals surface area (Å²) in [7, 11) is -3.61. The first kappa shape index (κ1) is 18.9. The van der Waals surface area contributed by atoms with Gasteiger partial charge < -0.3 is 4.90 Å². The van der Waals surface area contributed by atoms with Crippen molar-refractivity contribution < 1.29 is 12.8 Å². The van der Waals surface area contributed by atoms with E-state index in [0.717, 1.165) is 10.8 Å². The molecule has 0 unspecified atom stereocenters. The summed E-state index contributed by atoms with van der Waals surface area (Å²) >= 11 is 0. The minimum atomic E-state index is -3.61. The molecule has 2 heterocycles. The molecule has 5 rings (SSSR count). The Labute approximate surface area is 173 Å². The van der Waals surface area contributed by atoms with E-state index in [9.17, 15) is 12.8 Å². The molecule has 4 aromatic rings. The van der Waals surface area contributed by atoms with Crippen LogP contribution in [-0.2, 0) is 10.0 Å². The summed E-state index contributed by atoms with van der Waals surface area (Å²) in [6.07, 6.45) is 1.41. The molecule has 3 aromatic carbocycles. The molecule has 1 fully saturated rings. The van der Waals surface area contributed by atoms with Crippen molar-refractivity contribution >= 4 is 37.5 Å². The molecule has 152 valence electrons. The monoisotopic (exact) mass is 422 g/mol. The largest absolute Gasteiger partial charge is 0.353 e. The second kappa shape index (κ2) is 7.30. The van der Waals surface area contributed by atoms with E-state index < -0.39 is 10.0 Å². The Morgan fingerprint density at radius 2 is 1.60 bits per heavy atom. The number of anilines is 1. The zero-order chi connectivity index (χ0) is 20.7. The predicted molar refractivity (Wildman–Crippen MR) is 114 cm³/mol. The lowest BCUT2D eigenvalue weighted by Gasteiger charge is -2.35. The van der Waals surface area contributed by atoms with Crippen LogP contribution in [0.15, 0.2) is 71.9 Å². The lowest BCUT2D eigenvalue weighted by atomic mass is 10.1. The summed E-state index contributed by atoms with van der Waals surface area (Å²) in [6, 6.07) is 17.6. The zero-order valence-corrected chi connectivity index (χ0v) is 16.9. The smallest absolute Gasteiger partial charge is 0.243 e. The maximum absolute atomic E-state index is 14.4. The van der Waals surface area contributed by atoms with Crippen molar-refractivity contribution in [3.8, 4) is 0 Å². The van der Waals surface area contributed by atoms with E-state index in [4.69, 9.17) is 0 Å². The van der Waals surface area contributed by atoms with Gasteiger partial charge in [0.25, 0.3) is 0 Å². The average molecular weight is 422 g/mol. The maximum Gasteiger partial charge on any atom is 0.243 e. The molecule has 1 saturated heterocycles. The van der Waals surface area contributed by atoms with E-state index in [1.165, 1.54) is 16.7 Å². The van der Waals surface area contributed by atoms with Crippen LogP contribution in [0.3, 0.4) is 0 Å². The highest BCUT2D eigenvalue weighted by Gasteiger charge is 2.30. The molecule has 1 aromatic heterocycles. The van der Waals surface area contributed by atoms with Gasteiger partial charge in [0.2, 0.25) is 10.0 Å². The van der Waals surface area contributed by atoms with E-state index in [0.29, 0.717) is 42.9 Å². The Balaban J connectivity index is 1.40. The molecular weight excluding hydrogens is 403 g/mol. The first-order chi connectivity index (χ1) is 14.5. The van der Waals surface area contributed by atoms with Crippen LogP contribution in [0.25, 0.3) is 21.7 Å². The molecular formula is C22H19FN4O2S. The summed E-state index contributed by atoms with van der Waals surface area (Å²) in [4.78, 5) is 10.6. The van der Waals surface area contributed by atoms with Gasteiger partial charge >= 0.3 is 0 Å². The van der Waals surface area contributed by atoms with Gasteiger partial charge in [0, 0.05) is 26.2 Å². The van der Waals surface area contributed by atoms with E-state index in [-0.39, 0.29) is 10.7 Å². The SMILES string of the molecule is O=S(=O)(c1ccc2ccccc2c1)N1CCN(c2ncnc3cccc(F)c23)CC1. The lowest BCUT2D eigenvalue weighted by molar-refractivity contribution is 0.384. The molecule has 0 N–H and O–H groups in total. The van der Waals surface area contributed by atoms with Gasteiger partial charge in [-0.1, -0.05) is 36.4 Å². The van der Waals surface area contributed by atoms with Gasteiger partial charge in [0.15, 0.2) is 0 Å². The fourth-order valence-corrected chi connectivity index (χ4v) is 5.37. The summed E-state index contributed by atoms with van der Waals surface area (Å²) in [5.74, 6) is 0.121. The first-order valence-corrected chi connectivity index (χ1v) is 11.1. The van der Waals surface area contributed by atoms with Gasteiger partial charge in [0.05, 0.1) is 15.8 Å². The lowest BCUT2D eigenvalue weighted by Crippen LogP contribution is -2.49. The van der Waals surface area contributed by atoms with Crippen molar-refractivity contribution in [2.45, 2.75) is 4.90 Å². The molecule has 1 aliphatic heterocycles. The third-order valence-electron chi connectivity index (χ3n) is 5.49. The first-order valence-electron chi connectivity index (χ1n) is 9.67. The predicted octanol–water partition coefficient (Wildman–Crippen LogP) is 3.43. The number of piperazine rings is 1. The third kappa shape index (κ3) is 3.18. The van der Waals surface area contributed by atoms with Crippen LogP contribution in [0.1, 0.15) is 0 Å². The number of hydrogen-bond acceptors (Lipinski definition) is 5. The zero-order valence-electron chi connectivity index (χ0n) is 16.1. The molecule has 0 aliphatic carbocycles. The topological polar surface area (TPSA) is 66.4 Å². The minimum Gasteiger partial charge on any atom is -0.353 e. The Kier molecular flexibility index (Phi) is 4.60. The molecule has 8 heteroatoms. The highest BCUT2D eigenvalue weighted by Crippen LogP contribution is 2.28.